The van der Waals surface area contributed by atoms with Crippen molar-refractivity contribution in [3.05, 3.63) is 139 Å². The zero-order chi connectivity index (χ0) is 28.0. The minimum Gasteiger partial charge on any atom is -0.247 e. The summed E-state index contributed by atoms with van der Waals surface area (Å²) in [4.78, 5) is 5.33. The second-order valence-corrected chi connectivity index (χ2v) is 13.0. The molecule has 9 rings (SSSR count). The molecule has 0 unspecified atom stereocenters. The predicted molar refractivity (Wildman–Crippen MR) is 181 cm³/mol. The van der Waals surface area contributed by atoms with Crippen molar-refractivity contribution in [3.63, 3.8) is 0 Å². The molecule has 0 radical (unpaired) electrons. The summed E-state index contributed by atoms with van der Waals surface area (Å²) in [5.74, 6) is 0. The molecule has 42 heavy (non-hydrogen) atoms. The first-order chi connectivity index (χ1) is 20.6. The van der Waals surface area contributed by atoms with Gasteiger partial charge in [0.15, 0.2) is 0 Å². The lowest BCUT2D eigenvalue weighted by Gasteiger charge is -2.24. The van der Waals surface area contributed by atoms with Crippen molar-refractivity contribution in [1.29, 1.82) is 0 Å². The third kappa shape index (κ3) is 3.22. The van der Waals surface area contributed by atoms with E-state index >= 15 is 0 Å². The normalized spacial score (nSPS) is 13.7. The Morgan fingerprint density at radius 1 is 0.548 bits per heavy atom. The quantitative estimate of drug-likeness (QED) is 0.194. The minimum absolute atomic E-state index is 0.106. The van der Waals surface area contributed by atoms with E-state index in [9.17, 15) is 0 Å². The van der Waals surface area contributed by atoms with Gasteiger partial charge < -0.3 is 0 Å². The molecule has 2 heteroatoms. The maximum absolute atomic E-state index is 5.33. The molecular weight excluding hydrogens is 527 g/mol. The monoisotopic (exact) mass is 553 g/mol. The van der Waals surface area contributed by atoms with Gasteiger partial charge in [-0.15, -0.1) is 11.3 Å². The van der Waals surface area contributed by atoms with Crippen LogP contribution in [0, 0.1) is 0 Å². The Labute approximate surface area is 248 Å². The van der Waals surface area contributed by atoms with Crippen LogP contribution in [0.5, 0.6) is 0 Å². The third-order valence-electron chi connectivity index (χ3n) is 9.23. The van der Waals surface area contributed by atoms with Gasteiger partial charge in [-0.3, -0.25) is 0 Å². The van der Waals surface area contributed by atoms with Crippen LogP contribution in [0.2, 0.25) is 0 Å². The van der Waals surface area contributed by atoms with Crippen LogP contribution >= 0.6 is 11.3 Å². The summed E-state index contributed by atoms with van der Waals surface area (Å²) in [6.45, 7) is 4.75. The summed E-state index contributed by atoms with van der Waals surface area (Å²) < 4.78 is 2.67. The minimum atomic E-state index is -0.106. The van der Waals surface area contributed by atoms with Crippen LogP contribution in [-0.2, 0) is 5.41 Å². The van der Waals surface area contributed by atoms with Crippen LogP contribution in [0.25, 0.3) is 75.4 Å². The van der Waals surface area contributed by atoms with E-state index in [1.807, 2.05) is 11.3 Å². The lowest BCUT2D eigenvalue weighted by atomic mass is 9.79. The van der Waals surface area contributed by atoms with E-state index in [1.54, 1.807) is 0 Å². The van der Waals surface area contributed by atoms with Gasteiger partial charge in [-0.05, 0) is 57.0 Å². The Morgan fingerprint density at radius 2 is 1.26 bits per heavy atom. The number of benzene rings is 6. The van der Waals surface area contributed by atoms with E-state index in [0.29, 0.717) is 0 Å². The standard InChI is InChI=1S/C40H27NS/c1-40(2)33-18-6-3-13-27(33)29-21-22-32-36(37(29)40)31-15-4-7-19-34(31)41-38(32)25-12-9-11-24(23-25)26-16-10-17-30-28-14-5-8-20-35(28)42-39(26)30/h3-23H,1-2H3. The van der Waals surface area contributed by atoms with Gasteiger partial charge in [0.1, 0.15) is 0 Å². The summed E-state index contributed by atoms with van der Waals surface area (Å²) in [7, 11) is 0. The van der Waals surface area contributed by atoms with Crippen LogP contribution in [0.1, 0.15) is 25.0 Å². The molecule has 0 N–H and O–H groups in total. The second kappa shape index (κ2) is 8.61. The third-order valence-corrected chi connectivity index (χ3v) is 10.5. The molecule has 0 amide bonds. The van der Waals surface area contributed by atoms with Gasteiger partial charge in [0.25, 0.3) is 0 Å². The number of hydrogen-bond acceptors (Lipinski definition) is 2. The highest BCUT2D eigenvalue weighted by Crippen LogP contribution is 2.53. The predicted octanol–water partition coefficient (Wildman–Crippen LogP) is 11.4. The SMILES string of the molecule is CC1(C)c2ccccc2-c2ccc3c(-c4cccc(-c5cccc6c5sc5ccccc56)c4)nc4ccccc4c3c21. The average molecular weight is 554 g/mol. The van der Waals surface area contributed by atoms with Gasteiger partial charge in [-0.25, -0.2) is 4.98 Å². The van der Waals surface area contributed by atoms with Crippen molar-refractivity contribution in [2.24, 2.45) is 0 Å². The summed E-state index contributed by atoms with van der Waals surface area (Å²) in [6, 6.07) is 46.6. The molecule has 0 spiro atoms. The molecule has 198 valence electrons. The van der Waals surface area contributed by atoms with Crippen molar-refractivity contribution >= 4 is 53.2 Å². The highest BCUT2D eigenvalue weighted by molar-refractivity contribution is 7.26. The van der Waals surface area contributed by atoms with Crippen molar-refractivity contribution in [3.8, 4) is 33.5 Å². The first-order valence-corrected chi connectivity index (χ1v) is 15.4. The highest BCUT2D eigenvalue weighted by Gasteiger charge is 2.37. The number of rotatable bonds is 2. The van der Waals surface area contributed by atoms with Crippen molar-refractivity contribution in [2.45, 2.75) is 19.3 Å². The van der Waals surface area contributed by atoms with E-state index in [4.69, 9.17) is 4.98 Å². The van der Waals surface area contributed by atoms with Gasteiger partial charge in [0.2, 0.25) is 0 Å². The van der Waals surface area contributed by atoms with Gasteiger partial charge >= 0.3 is 0 Å². The molecule has 0 saturated carbocycles. The largest absolute Gasteiger partial charge is 0.247 e. The highest BCUT2D eigenvalue weighted by atomic mass is 32.1. The average Bonchev–Trinajstić information content (AvgIpc) is 3.53. The van der Waals surface area contributed by atoms with Crippen LogP contribution in [-0.4, -0.2) is 4.98 Å². The van der Waals surface area contributed by atoms with Crippen LogP contribution < -0.4 is 0 Å². The zero-order valence-corrected chi connectivity index (χ0v) is 24.3. The Hall–Kier alpha value is -4.79. The van der Waals surface area contributed by atoms with Crippen LogP contribution in [0.4, 0.5) is 0 Å². The van der Waals surface area contributed by atoms with Crippen molar-refractivity contribution in [1.82, 2.24) is 4.98 Å². The summed E-state index contributed by atoms with van der Waals surface area (Å²) >= 11 is 1.88. The first kappa shape index (κ1) is 23.9. The topological polar surface area (TPSA) is 12.9 Å². The van der Waals surface area contributed by atoms with Gasteiger partial charge in [-0.1, -0.05) is 123 Å². The van der Waals surface area contributed by atoms with E-state index in [2.05, 4.69) is 141 Å². The fraction of sp³-hybridized carbons (Fsp3) is 0.0750. The van der Waals surface area contributed by atoms with Crippen molar-refractivity contribution in [2.75, 3.05) is 0 Å². The van der Waals surface area contributed by atoms with E-state index in [0.717, 1.165) is 16.8 Å². The van der Waals surface area contributed by atoms with Gasteiger partial charge in [-0.2, -0.15) is 0 Å². The van der Waals surface area contributed by atoms with Crippen molar-refractivity contribution < 1.29 is 0 Å². The summed E-state index contributed by atoms with van der Waals surface area (Å²) in [5, 5.41) is 6.41. The molecule has 2 aromatic heterocycles. The van der Waals surface area contributed by atoms with E-state index in [1.165, 1.54) is 69.7 Å². The Balaban J connectivity index is 1.32. The van der Waals surface area contributed by atoms with Crippen LogP contribution in [0.15, 0.2) is 127 Å². The van der Waals surface area contributed by atoms with Gasteiger partial charge in [0, 0.05) is 41.9 Å². The number of fused-ring (bicyclic) bond motifs is 10. The molecule has 0 saturated heterocycles. The first-order valence-electron chi connectivity index (χ1n) is 14.6. The fourth-order valence-electron chi connectivity index (χ4n) is 7.34. The smallest absolute Gasteiger partial charge is 0.0788 e. The molecule has 8 aromatic rings. The Morgan fingerprint density at radius 3 is 2.19 bits per heavy atom. The lowest BCUT2D eigenvalue weighted by Crippen LogP contribution is -2.15. The van der Waals surface area contributed by atoms with Crippen LogP contribution in [0.3, 0.4) is 0 Å². The Kier molecular flexibility index (Phi) is 4.89. The zero-order valence-electron chi connectivity index (χ0n) is 23.5. The van der Waals surface area contributed by atoms with Gasteiger partial charge in [0.05, 0.1) is 11.2 Å². The maximum atomic E-state index is 5.33. The molecule has 0 bridgehead atoms. The fourth-order valence-corrected chi connectivity index (χ4v) is 8.58. The molecule has 0 atom stereocenters. The molecule has 0 fully saturated rings. The molecule has 1 aliphatic carbocycles. The number of hydrogen-bond donors (Lipinski definition) is 0. The summed E-state index contributed by atoms with van der Waals surface area (Å²) in [5.41, 5.74) is 11.1. The lowest BCUT2D eigenvalue weighted by molar-refractivity contribution is 0.666. The molecule has 1 aliphatic rings. The maximum Gasteiger partial charge on any atom is 0.0788 e. The number of para-hydroxylation sites is 1. The Bertz CT molecular complexity index is 2390. The molecule has 6 aromatic carbocycles. The number of thiophene rings is 1. The van der Waals surface area contributed by atoms with E-state index < -0.39 is 0 Å². The molecule has 2 heterocycles. The van der Waals surface area contributed by atoms with E-state index in [-0.39, 0.29) is 5.41 Å². The summed E-state index contributed by atoms with van der Waals surface area (Å²) in [6.07, 6.45) is 0. The number of pyridine rings is 1. The number of nitrogens with zero attached hydrogens (tertiary/aromatic N) is 1. The second-order valence-electron chi connectivity index (χ2n) is 11.9. The number of aromatic nitrogens is 1. The molecular formula is C40H27NS. The molecule has 0 aliphatic heterocycles. The molecule has 1 nitrogen and oxygen atoms in total.